The smallest absolute Gasteiger partial charge is 0.335 e. The zero-order chi connectivity index (χ0) is 28.8. The molecular formula is C29H38O11. The van der Waals surface area contributed by atoms with E-state index < -0.39 is 88.3 Å². The number of carbonyl (C=O) groups is 2. The van der Waals surface area contributed by atoms with E-state index in [4.69, 9.17) is 13.9 Å². The SMILES string of the molecule is CC12CCC(OC3OCC(O)C(O)C3O)C(=O)C1CCC1C2C(O)C(=O)C2(C)C(c3ccc(=O)oc3)CCC12O. The van der Waals surface area contributed by atoms with E-state index in [1.807, 2.05) is 6.92 Å². The van der Waals surface area contributed by atoms with Crippen LogP contribution in [0.2, 0.25) is 0 Å². The molecule has 0 bridgehead atoms. The normalized spacial score (nSPS) is 50.7. The molecule has 220 valence electrons. The van der Waals surface area contributed by atoms with Gasteiger partial charge in [0.2, 0.25) is 0 Å². The van der Waals surface area contributed by atoms with Crippen LogP contribution in [0.15, 0.2) is 27.6 Å². The highest BCUT2D eigenvalue weighted by Crippen LogP contribution is 2.69. The summed E-state index contributed by atoms with van der Waals surface area (Å²) in [6.45, 7) is 3.38. The minimum atomic E-state index is -1.52. The van der Waals surface area contributed by atoms with Crippen LogP contribution in [-0.2, 0) is 19.1 Å². The van der Waals surface area contributed by atoms with Crippen LogP contribution >= 0.6 is 0 Å². The van der Waals surface area contributed by atoms with Crippen molar-refractivity contribution in [2.24, 2.45) is 28.6 Å². The van der Waals surface area contributed by atoms with Crippen molar-refractivity contribution in [1.82, 2.24) is 0 Å². The molecule has 5 aliphatic rings. The second-order valence-corrected chi connectivity index (χ2v) is 13.0. The Morgan fingerprint density at radius 1 is 0.925 bits per heavy atom. The van der Waals surface area contributed by atoms with Gasteiger partial charge in [-0.2, -0.15) is 0 Å². The lowest BCUT2D eigenvalue weighted by Crippen LogP contribution is -2.71. The molecule has 1 aromatic rings. The van der Waals surface area contributed by atoms with Crippen LogP contribution in [0.5, 0.6) is 0 Å². The average molecular weight is 563 g/mol. The topological polar surface area (TPSA) is 184 Å². The third-order valence-corrected chi connectivity index (χ3v) is 11.4. The molecule has 0 amide bonds. The minimum Gasteiger partial charge on any atom is -0.431 e. The zero-order valence-electron chi connectivity index (χ0n) is 22.6. The number of hydrogen-bond acceptors (Lipinski definition) is 11. The number of aliphatic hydroxyl groups is 5. The van der Waals surface area contributed by atoms with Gasteiger partial charge in [0.05, 0.1) is 23.9 Å². The van der Waals surface area contributed by atoms with Gasteiger partial charge in [-0.25, -0.2) is 4.79 Å². The third kappa shape index (κ3) is 3.71. The van der Waals surface area contributed by atoms with Crippen molar-refractivity contribution in [1.29, 1.82) is 0 Å². The van der Waals surface area contributed by atoms with E-state index in [1.54, 1.807) is 13.0 Å². The number of carbonyl (C=O) groups excluding carboxylic acids is 2. The zero-order valence-corrected chi connectivity index (χ0v) is 22.6. The predicted octanol–water partition coefficient (Wildman–Crippen LogP) is 0.0340. The van der Waals surface area contributed by atoms with Crippen LogP contribution < -0.4 is 5.63 Å². The molecule has 4 aliphatic carbocycles. The number of ether oxygens (including phenoxy) is 2. The maximum atomic E-state index is 14.1. The van der Waals surface area contributed by atoms with Gasteiger partial charge in [-0.05, 0) is 68.4 Å². The quantitative estimate of drug-likeness (QED) is 0.313. The van der Waals surface area contributed by atoms with Crippen LogP contribution in [0.3, 0.4) is 0 Å². The van der Waals surface area contributed by atoms with Gasteiger partial charge in [0.1, 0.15) is 30.5 Å². The monoisotopic (exact) mass is 562 g/mol. The van der Waals surface area contributed by atoms with E-state index in [9.17, 15) is 39.9 Å². The van der Waals surface area contributed by atoms with Gasteiger partial charge in [0.25, 0.3) is 0 Å². The van der Waals surface area contributed by atoms with E-state index in [2.05, 4.69) is 0 Å². The van der Waals surface area contributed by atoms with Crippen LogP contribution in [-0.4, -0.2) is 86.1 Å². The number of aliphatic hydroxyl groups excluding tert-OH is 4. The fourth-order valence-electron chi connectivity index (χ4n) is 9.18. The number of Topliss-reactive ketones (excluding diaryl/α,β-unsaturated/α-hetero) is 2. The van der Waals surface area contributed by atoms with E-state index >= 15 is 0 Å². The fourth-order valence-corrected chi connectivity index (χ4v) is 9.18. The Kier molecular flexibility index (Phi) is 6.70. The van der Waals surface area contributed by atoms with Gasteiger partial charge >= 0.3 is 5.63 Å². The summed E-state index contributed by atoms with van der Waals surface area (Å²) in [6.07, 6.45) is -4.06. The van der Waals surface area contributed by atoms with Gasteiger partial charge < -0.3 is 39.4 Å². The van der Waals surface area contributed by atoms with Crippen molar-refractivity contribution in [3.63, 3.8) is 0 Å². The molecule has 1 aromatic heterocycles. The summed E-state index contributed by atoms with van der Waals surface area (Å²) in [5.74, 6) is -2.70. The standard InChI is InChI=1S/C29H38O11/c1-27-9-8-18(40-26-24(35)22(33)17(30)12-39-26)21(32)16(27)5-4-15-20(27)23(34)25(36)28(2)14(7-10-29(15,28)37)13-3-6-19(31)38-11-13/h3,6,11,14-18,20,22-24,26,30,33-35,37H,4-5,7-10,12H2,1-2H3. The van der Waals surface area contributed by atoms with Crippen LogP contribution in [0.4, 0.5) is 0 Å². The van der Waals surface area contributed by atoms with Gasteiger partial charge in [0.15, 0.2) is 17.9 Å². The van der Waals surface area contributed by atoms with E-state index in [-0.39, 0.29) is 18.8 Å². The molecule has 1 saturated heterocycles. The summed E-state index contributed by atoms with van der Waals surface area (Å²) < 4.78 is 16.2. The van der Waals surface area contributed by atoms with Crippen LogP contribution in [0.25, 0.3) is 0 Å². The highest BCUT2D eigenvalue weighted by atomic mass is 16.7. The molecule has 13 unspecified atom stereocenters. The second kappa shape index (κ2) is 9.52. The first-order valence-electron chi connectivity index (χ1n) is 14.2. The van der Waals surface area contributed by atoms with Gasteiger partial charge in [-0.15, -0.1) is 0 Å². The lowest BCUT2D eigenvalue weighted by molar-refractivity contribution is -0.285. The molecule has 13 atom stereocenters. The molecule has 40 heavy (non-hydrogen) atoms. The Hall–Kier alpha value is -1.99. The number of fused-ring (bicyclic) bond motifs is 5. The van der Waals surface area contributed by atoms with Gasteiger partial charge in [0, 0.05) is 23.8 Å². The van der Waals surface area contributed by atoms with Gasteiger partial charge in [-0.3, -0.25) is 9.59 Å². The summed E-state index contributed by atoms with van der Waals surface area (Å²) in [7, 11) is 0. The summed E-state index contributed by atoms with van der Waals surface area (Å²) in [6, 6.07) is 2.91. The first-order chi connectivity index (χ1) is 18.8. The third-order valence-electron chi connectivity index (χ3n) is 11.4. The number of rotatable bonds is 3. The maximum absolute atomic E-state index is 14.1. The van der Waals surface area contributed by atoms with E-state index in [0.29, 0.717) is 37.7 Å². The maximum Gasteiger partial charge on any atom is 0.335 e. The van der Waals surface area contributed by atoms with E-state index in [0.717, 1.165) is 0 Å². The molecule has 2 heterocycles. The molecule has 11 nitrogen and oxygen atoms in total. The molecule has 5 N–H and O–H groups in total. The highest BCUT2D eigenvalue weighted by Gasteiger charge is 2.74. The lowest BCUT2D eigenvalue weighted by atomic mass is 9.42. The largest absolute Gasteiger partial charge is 0.431 e. The summed E-state index contributed by atoms with van der Waals surface area (Å²) in [4.78, 5) is 39.3. The summed E-state index contributed by atoms with van der Waals surface area (Å²) >= 11 is 0. The minimum absolute atomic E-state index is 0.216. The first-order valence-corrected chi connectivity index (χ1v) is 14.2. The van der Waals surface area contributed by atoms with Gasteiger partial charge in [-0.1, -0.05) is 6.92 Å². The Balaban J connectivity index is 1.27. The Morgan fingerprint density at radius 3 is 2.38 bits per heavy atom. The summed E-state index contributed by atoms with van der Waals surface area (Å²) in [5, 5.41) is 54.0. The Morgan fingerprint density at radius 2 is 1.68 bits per heavy atom. The molecule has 5 fully saturated rings. The first kappa shape index (κ1) is 28.1. The fraction of sp³-hybridized carbons (Fsp3) is 0.759. The Labute approximate surface area is 231 Å². The summed E-state index contributed by atoms with van der Waals surface area (Å²) in [5.41, 5.74) is -3.34. The molecule has 0 spiro atoms. The van der Waals surface area contributed by atoms with Crippen molar-refractivity contribution in [2.75, 3.05) is 6.61 Å². The average Bonchev–Trinajstić information content (AvgIpc) is 3.21. The number of ketones is 2. The van der Waals surface area contributed by atoms with Crippen molar-refractivity contribution in [3.05, 3.63) is 34.4 Å². The predicted molar refractivity (Wildman–Crippen MR) is 136 cm³/mol. The van der Waals surface area contributed by atoms with Crippen molar-refractivity contribution in [2.45, 2.75) is 101 Å². The van der Waals surface area contributed by atoms with E-state index in [1.165, 1.54) is 12.3 Å². The van der Waals surface area contributed by atoms with Crippen LogP contribution in [0, 0.1) is 28.6 Å². The lowest BCUT2D eigenvalue weighted by Gasteiger charge is -2.63. The number of hydrogen-bond donors (Lipinski definition) is 5. The van der Waals surface area contributed by atoms with Crippen LogP contribution in [0.1, 0.15) is 63.9 Å². The molecule has 1 aliphatic heterocycles. The second-order valence-electron chi connectivity index (χ2n) is 13.0. The molecule has 6 rings (SSSR count). The van der Waals surface area contributed by atoms with Crippen molar-refractivity contribution < 1.29 is 49.0 Å². The van der Waals surface area contributed by atoms with Crippen molar-refractivity contribution in [3.8, 4) is 0 Å². The molecule has 0 aromatic carbocycles. The highest BCUT2D eigenvalue weighted by molar-refractivity contribution is 5.93. The molecule has 0 radical (unpaired) electrons. The Bertz CT molecular complexity index is 1230. The van der Waals surface area contributed by atoms with Crippen molar-refractivity contribution >= 4 is 11.6 Å². The molecular weight excluding hydrogens is 524 g/mol. The molecule has 11 heteroatoms. The molecule has 4 saturated carbocycles.